The van der Waals surface area contributed by atoms with Crippen molar-refractivity contribution in [1.82, 2.24) is 15.1 Å². The number of rotatable bonds is 3. The maximum absolute atomic E-state index is 11.9. The minimum atomic E-state index is -0.152. The van der Waals surface area contributed by atoms with E-state index in [0.29, 0.717) is 11.3 Å². The number of hydrogen-bond donors (Lipinski definition) is 2. The fourth-order valence-electron chi connectivity index (χ4n) is 3.88. The van der Waals surface area contributed by atoms with Crippen molar-refractivity contribution in [3.05, 3.63) is 47.8 Å². The van der Waals surface area contributed by atoms with Crippen LogP contribution in [0.2, 0.25) is 0 Å². The Morgan fingerprint density at radius 3 is 3.14 bits per heavy atom. The molecule has 2 unspecified atom stereocenters. The first-order chi connectivity index (χ1) is 10.7. The lowest BCUT2D eigenvalue weighted by molar-refractivity contribution is 0.251. The maximum Gasteiger partial charge on any atom is 0.319 e. The summed E-state index contributed by atoms with van der Waals surface area (Å²) >= 11 is 0. The molecular formula is C17H20N4O. The fraction of sp³-hybridized carbons (Fsp3) is 0.412. The first kappa shape index (κ1) is 13.4. The van der Waals surface area contributed by atoms with Crippen LogP contribution in [0.5, 0.6) is 0 Å². The largest absolute Gasteiger partial charge is 0.338 e. The molecule has 2 N–H and O–H groups in total. The standard InChI is InChI=1S/C17H20N4O/c1-21-11-14(10-19-21)20-16(22)18-9-13-8-17(13)7-6-12-4-2-3-5-15(12)17/h2-5,10-11,13H,6-9H2,1H3,(H2,18,20,22). The Balaban J connectivity index is 1.34. The Labute approximate surface area is 129 Å². The van der Waals surface area contributed by atoms with Gasteiger partial charge in [0.2, 0.25) is 0 Å². The number of anilines is 1. The lowest BCUT2D eigenvalue weighted by Gasteiger charge is -2.12. The average Bonchev–Trinajstić information content (AvgIpc) is 2.87. The van der Waals surface area contributed by atoms with Crippen molar-refractivity contribution in [2.24, 2.45) is 13.0 Å². The number of aromatic nitrogens is 2. The van der Waals surface area contributed by atoms with E-state index in [-0.39, 0.29) is 6.03 Å². The fourth-order valence-corrected chi connectivity index (χ4v) is 3.88. The van der Waals surface area contributed by atoms with Gasteiger partial charge in [-0.25, -0.2) is 4.79 Å². The number of carbonyl (C=O) groups is 1. The molecule has 114 valence electrons. The third kappa shape index (κ3) is 2.17. The van der Waals surface area contributed by atoms with Gasteiger partial charge in [-0.2, -0.15) is 5.10 Å². The molecule has 1 fully saturated rings. The molecule has 2 aromatic rings. The summed E-state index contributed by atoms with van der Waals surface area (Å²) in [7, 11) is 1.83. The Kier molecular flexibility index (Phi) is 2.96. The van der Waals surface area contributed by atoms with Crippen LogP contribution < -0.4 is 10.6 Å². The van der Waals surface area contributed by atoms with E-state index in [0.717, 1.165) is 12.2 Å². The number of nitrogens with one attached hydrogen (secondary N) is 2. The molecule has 5 nitrogen and oxygen atoms in total. The van der Waals surface area contributed by atoms with Crippen LogP contribution in [-0.4, -0.2) is 22.4 Å². The van der Waals surface area contributed by atoms with Gasteiger partial charge in [0.15, 0.2) is 0 Å². The molecule has 1 saturated carbocycles. The normalized spacial score (nSPS) is 25.0. The van der Waals surface area contributed by atoms with Gasteiger partial charge in [-0.1, -0.05) is 24.3 Å². The monoisotopic (exact) mass is 296 g/mol. The highest BCUT2D eigenvalue weighted by Gasteiger charge is 2.57. The van der Waals surface area contributed by atoms with Gasteiger partial charge in [0.05, 0.1) is 11.9 Å². The molecule has 1 aromatic heterocycles. The van der Waals surface area contributed by atoms with Crippen LogP contribution in [0.3, 0.4) is 0 Å². The van der Waals surface area contributed by atoms with Crippen LogP contribution in [0.15, 0.2) is 36.7 Å². The van der Waals surface area contributed by atoms with Crippen LogP contribution in [0.4, 0.5) is 10.5 Å². The summed E-state index contributed by atoms with van der Waals surface area (Å²) < 4.78 is 1.67. The number of hydrogen-bond acceptors (Lipinski definition) is 2. The number of aryl methyl sites for hydroxylation is 2. The van der Waals surface area contributed by atoms with E-state index in [2.05, 4.69) is 40.0 Å². The maximum atomic E-state index is 11.9. The number of amides is 2. The van der Waals surface area contributed by atoms with Crippen LogP contribution >= 0.6 is 0 Å². The molecule has 1 aromatic carbocycles. The minimum absolute atomic E-state index is 0.152. The molecule has 2 aliphatic rings. The van der Waals surface area contributed by atoms with E-state index < -0.39 is 0 Å². The van der Waals surface area contributed by atoms with Crippen molar-refractivity contribution in [1.29, 1.82) is 0 Å². The van der Waals surface area contributed by atoms with Crippen molar-refractivity contribution < 1.29 is 4.79 Å². The van der Waals surface area contributed by atoms with E-state index in [9.17, 15) is 4.79 Å². The Morgan fingerprint density at radius 1 is 1.45 bits per heavy atom. The Morgan fingerprint density at radius 2 is 2.32 bits per heavy atom. The molecule has 0 aliphatic heterocycles. The minimum Gasteiger partial charge on any atom is -0.338 e. The zero-order valence-electron chi connectivity index (χ0n) is 12.7. The Bertz CT molecular complexity index is 723. The van der Waals surface area contributed by atoms with E-state index >= 15 is 0 Å². The highest BCUT2D eigenvalue weighted by atomic mass is 16.2. The van der Waals surface area contributed by atoms with E-state index in [1.165, 1.54) is 30.4 Å². The third-order valence-corrected chi connectivity index (χ3v) is 5.10. The molecule has 5 heteroatoms. The van der Waals surface area contributed by atoms with Gasteiger partial charge in [0.25, 0.3) is 0 Å². The first-order valence-electron chi connectivity index (χ1n) is 7.79. The summed E-state index contributed by atoms with van der Waals surface area (Å²) in [5.74, 6) is 0.566. The lowest BCUT2D eigenvalue weighted by atomic mass is 9.95. The van der Waals surface area contributed by atoms with E-state index in [1.54, 1.807) is 17.1 Å². The zero-order valence-corrected chi connectivity index (χ0v) is 12.7. The molecule has 2 atom stereocenters. The van der Waals surface area contributed by atoms with Crippen LogP contribution in [0.25, 0.3) is 0 Å². The molecule has 2 amide bonds. The quantitative estimate of drug-likeness (QED) is 0.914. The van der Waals surface area contributed by atoms with Gasteiger partial charge in [0.1, 0.15) is 0 Å². The third-order valence-electron chi connectivity index (χ3n) is 5.10. The van der Waals surface area contributed by atoms with Crippen molar-refractivity contribution in [2.75, 3.05) is 11.9 Å². The van der Waals surface area contributed by atoms with Crippen LogP contribution in [-0.2, 0) is 18.9 Å². The topological polar surface area (TPSA) is 59.0 Å². The van der Waals surface area contributed by atoms with Gasteiger partial charge in [0, 0.05) is 25.2 Å². The van der Waals surface area contributed by atoms with Crippen molar-refractivity contribution >= 4 is 11.7 Å². The summed E-state index contributed by atoms with van der Waals surface area (Å²) in [6.07, 6.45) is 7.02. The molecule has 4 rings (SSSR count). The van der Waals surface area contributed by atoms with Crippen molar-refractivity contribution in [3.63, 3.8) is 0 Å². The predicted molar refractivity (Wildman–Crippen MR) is 84.8 cm³/mol. The van der Waals surface area contributed by atoms with Gasteiger partial charge in [-0.05, 0) is 36.3 Å². The number of fused-ring (bicyclic) bond motifs is 2. The summed E-state index contributed by atoms with van der Waals surface area (Å²) in [5, 5.41) is 9.84. The molecule has 1 spiro atoms. The summed E-state index contributed by atoms with van der Waals surface area (Å²) in [4.78, 5) is 11.9. The molecule has 1 heterocycles. The molecule has 0 bridgehead atoms. The van der Waals surface area contributed by atoms with Crippen molar-refractivity contribution in [2.45, 2.75) is 24.7 Å². The van der Waals surface area contributed by atoms with Gasteiger partial charge in [-0.3, -0.25) is 4.68 Å². The predicted octanol–water partition coefficient (Wildman–Crippen LogP) is 2.45. The second-order valence-electron chi connectivity index (χ2n) is 6.45. The van der Waals surface area contributed by atoms with Gasteiger partial charge >= 0.3 is 6.03 Å². The molecular weight excluding hydrogens is 276 g/mol. The molecule has 0 saturated heterocycles. The Hall–Kier alpha value is -2.30. The first-order valence-corrected chi connectivity index (χ1v) is 7.79. The second-order valence-corrected chi connectivity index (χ2v) is 6.45. The SMILES string of the molecule is Cn1cc(NC(=O)NCC2CC23CCc2ccccc23)cn1. The smallest absolute Gasteiger partial charge is 0.319 e. The zero-order chi connectivity index (χ0) is 15.2. The van der Waals surface area contributed by atoms with E-state index in [1.807, 2.05) is 7.05 Å². The molecule has 2 aliphatic carbocycles. The van der Waals surface area contributed by atoms with Crippen LogP contribution in [0.1, 0.15) is 24.0 Å². The lowest BCUT2D eigenvalue weighted by Crippen LogP contribution is -2.31. The average molecular weight is 296 g/mol. The number of urea groups is 1. The summed E-state index contributed by atoms with van der Waals surface area (Å²) in [6.45, 7) is 0.737. The van der Waals surface area contributed by atoms with Gasteiger partial charge < -0.3 is 10.6 Å². The molecule has 0 radical (unpaired) electrons. The number of benzene rings is 1. The van der Waals surface area contributed by atoms with Gasteiger partial charge in [-0.15, -0.1) is 0 Å². The highest BCUT2D eigenvalue weighted by molar-refractivity contribution is 5.88. The highest BCUT2D eigenvalue weighted by Crippen LogP contribution is 2.61. The van der Waals surface area contributed by atoms with Crippen molar-refractivity contribution in [3.8, 4) is 0 Å². The number of nitrogens with zero attached hydrogens (tertiary/aromatic N) is 2. The molecule has 22 heavy (non-hydrogen) atoms. The second kappa shape index (κ2) is 4.87. The summed E-state index contributed by atoms with van der Waals surface area (Å²) in [6, 6.07) is 8.60. The van der Waals surface area contributed by atoms with Crippen LogP contribution in [0, 0.1) is 5.92 Å². The number of carbonyl (C=O) groups excluding carboxylic acids is 1. The van der Waals surface area contributed by atoms with E-state index in [4.69, 9.17) is 0 Å². The summed E-state index contributed by atoms with van der Waals surface area (Å²) in [5.41, 5.74) is 4.05.